The highest BCUT2D eigenvalue weighted by Gasteiger charge is 2.37. The molecule has 5 heteroatoms. The maximum atomic E-state index is 11.9. The van der Waals surface area contributed by atoms with Crippen LogP contribution in [0.3, 0.4) is 0 Å². The summed E-state index contributed by atoms with van der Waals surface area (Å²) in [5.74, 6) is -0.242. The molecule has 3 rings (SSSR count). The molecule has 1 saturated heterocycles. The molecule has 1 heterocycles. The second kappa shape index (κ2) is 10.4. The van der Waals surface area contributed by atoms with Crippen molar-refractivity contribution in [1.29, 1.82) is 0 Å². The van der Waals surface area contributed by atoms with Crippen LogP contribution in [0.4, 0.5) is 0 Å². The number of likely N-dealkylation sites (tertiary alicyclic amines) is 1. The Morgan fingerprint density at radius 1 is 1.06 bits per heavy atom. The third kappa shape index (κ3) is 6.05. The minimum atomic E-state index is -0.352. The fourth-order valence-corrected chi connectivity index (χ4v) is 4.26. The van der Waals surface area contributed by atoms with Gasteiger partial charge in [-0.1, -0.05) is 54.6 Å². The average Bonchev–Trinajstić information content (AvgIpc) is 2.80. The summed E-state index contributed by atoms with van der Waals surface area (Å²) in [4.78, 5) is 27.5. The third-order valence-corrected chi connectivity index (χ3v) is 6.28. The van der Waals surface area contributed by atoms with Crippen molar-refractivity contribution >= 4 is 18.0 Å². The van der Waals surface area contributed by atoms with E-state index in [-0.39, 0.29) is 17.3 Å². The second-order valence-corrected chi connectivity index (χ2v) is 8.40. The van der Waals surface area contributed by atoms with E-state index in [1.165, 1.54) is 24.3 Å². The number of esters is 1. The van der Waals surface area contributed by atoms with Crippen molar-refractivity contribution in [1.82, 2.24) is 9.80 Å². The second-order valence-electron chi connectivity index (χ2n) is 8.40. The molecule has 2 aromatic rings. The van der Waals surface area contributed by atoms with E-state index in [1.54, 1.807) is 13.0 Å². The molecule has 0 radical (unpaired) electrons. The Hall–Kier alpha value is -2.92. The molecule has 0 bridgehead atoms. The summed E-state index contributed by atoms with van der Waals surface area (Å²) < 4.78 is 4.63. The molecule has 0 atom stereocenters. The number of likely N-dealkylation sites (N-methyl/N-ethyl adjacent to an activating group) is 1. The van der Waals surface area contributed by atoms with Gasteiger partial charge in [0.1, 0.15) is 0 Å². The van der Waals surface area contributed by atoms with Crippen molar-refractivity contribution in [2.75, 3.05) is 33.8 Å². The molecule has 5 nitrogen and oxygen atoms in total. The summed E-state index contributed by atoms with van der Waals surface area (Å²) >= 11 is 0. The van der Waals surface area contributed by atoms with E-state index in [2.05, 4.69) is 46.0 Å². The van der Waals surface area contributed by atoms with Crippen LogP contribution in [0.2, 0.25) is 0 Å². The molecular formula is C26H32N2O3. The topological polar surface area (TPSA) is 49.9 Å². The number of methoxy groups -OCH3 is 1. The Morgan fingerprint density at radius 3 is 2.29 bits per heavy atom. The van der Waals surface area contributed by atoms with Crippen molar-refractivity contribution in [3.05, 3.63) is 77.4 Å². The minimum absolute atomic E-state index is 0.000713. The highest BCUT2D eigenvalue weighted by atomic mass is 16.5. The predicted molar refractivity (Wildman–Crippen MR) is 123 cm³/mol. The standard InChI is InChI=1S/C26H32N2O3/c1-21(29)27(2)20-26(24-7-5-4-6-8-24)15-17-28(18-16-26)19-23-11-9-22(10-12-23)13-14-25(30)31-3/h4-14H,15-20H2,1-3H3/b14-13+. The molecule has 0 unspecified atom stereocenters. The third-order valence-electron chi connectivity index (χ3n) is 6.28. The van der Waals surface area contributed by atoms with Gasteiger partial charge in [-0.05, 0) is 48.7 Å². The lowest BCUT2D eigenvalue weighted by Gasteiger charge is -2.44. The number of benzene rings is 2. The number of hydrogen-bond donors (Lipinski definition) is 0. The summed E-state index contributed by atoms with van der Waals surface area (Å²) in [6.45, 7) is 5.27. The van der Waals surface area contributed by atoms with Crippen LogP contribution in [0.1, 0.15) is 36.5 Å². The van der Waals surface area contributed by atoms with E-state index in [0.29, 0.717) is 0 Å². The van der Waals surface area contributed by atoms with E-state index in [0.717, 1.165) is 44.6 Å². The monoisotopic (exact) mass is 420 g/mol. The Balaban J connectivity index is 1.64. The van der Waals surface area contributed by atoms with Gasteiger partial charge in [0.05, 0.1) is 7.11 Å². The van der Waals surface area contributed by atoms with Crippen LogP contribution in [0, 0.1) is 0 Å². The number of hydrogen-bond acceptors (Lipinski definition) is 4. The van der Waals surface area contributed by atoms with Crippen molar-refractivity contribution < 1.29 is 14.3 Å². The lowest BCUT2D eigenvalue weighted by atomic mass is 9.72. The van der Waals surface area contributed by atoms with Crippen LogP contribution in [0.15, 0.2) is 60.7 Å². The first-order valence-corrected chi connectivity index (χ1v) is 10.8. The number of carbonyl (C=O) groups is 2. The van der Waals surface area contributed by atoms with Crippen LogP contribution >= 0.6 is 0 Å². The predicted octanol–water partition coefficient (Wildman–Crippen LogP) is 3.88. The lowest BCUT2D eigenvalue weighted by molar-refractivity contribution is -0.134. The first-order chi connectivity index (χ1) is 14.9. The summed E-state index contributed by atoms with van der Waals surface area (Å²) in [6.07, 6.45) is 5.24. The fraction of sp³-hybridized carbons (Fsp3) is 0.385. The summed E-state index contributed by atoms with van der Waals surface area (Å²) in [6, 6.07) is 18.9. The molecule has 1 fully saturated rings. The van der Waals surface area contributed by atoms with Crippen molar-refractivity contribution in [2.24, 2.45) is 0 Å². The zero-order valence-electron chi connectivity index (χ0n) is 18.7. The van der Waals surface area contributed by atoms with Gasteiger partial charge < -0.3 is 9.64 Å². The summed E-state index contributed by atoms with van der Waals surface area (Å²) in [5.41, 5.74) is 3.55. The maximum Gasteiger partial charge on any atom is 0.330 e. The molecule has 0 spiro atoms. The molecule has 31 heavy (non-hydrogen) atoms. The molecule has 1 aliphatic heterocycles. The van der Waals surface area contributed by atoms with Crippen molar-refractivity contribution in [3.63, 3.8) is 0 Å². The van der Waals surface area contributed by atoms with E-state index in [9.17, 15) is 9.59 Å². The van der Waals surface area contributed by atoms with Gasteiger partial charge in [-0.15, -0.1) is 0 Å². The van der Waals surface area contributed by atoms with Gasteiger partial charge in [0.2, 0.25) is 5.91 Å². The number of piperidine rings is 1. The molecule has 0 aliphatic carbocycles. The SMILES string of the molecule is COC(=O)/C=C/c1ccc(CN2CCC(CN(C)C(C)=O)(c3ccccc3)CC2)cc1. The van der Waals surface area contributed by atoms with Crippen LogP contribution in [-0.4, -0.2) is 55.5 Å². The van der Waals surface area contributed by atoms with E-state index in [1.807, 2.05) is 30.1 Å². The Kier molecular flexibility index (Phi) is 7.64. The largest absolute Gasteiger partial charge is 0.466 e. The molecule has 0 aromatic heterocycles. The summed E-state index contributed by atoms with van der Waals surface area (Å²) in [7, 11) is 3.27. The van der Waals surface area contributed by atoms with E-state index < -0.39 is 0 Å². The van der Waals surface area contributed by atoms with Gasteiger partial charge in [0, 0.05) is 38.6 Å². The molecule has 1 amide bonds. The van der Waals surface area contributed by atoms with Crippen LogP contribution in [0.25, 0.3) is 6.08 Å². The number of amides is 1. The number of carbonyl (C=O) groups excluding carboxylic acids is 2. The molecule has 2 aromatic carbocycles. The zero-order chi connectivity index (χ0) is 22.3. The van der Waals surface area contributed by atoms with Crippen LogP contribution < -0.4 is 0 Å². The van der Waals surface area contributed by atoms with Gasteiger partial charge in [-0.2, -0.15) is 0 Å². The smallest absolute Gasteiger partial charge is 0.330 e. The average molecular weight is 421 g/mol. The van der Waals surface area contributed by atoms with Gasteiger partial charge in [0.25, 0.3) is 0 Å². The molecule has 0 saturated carbocycles. The molecule has 1 aliphatic rings. The molecular weight excluding hydrogens is 388 g/mol. The van der Waals surface area contributed by atoms with Crippen molar-refractivity contribution in [2.45, 2.75) is 31.7 Å². The lowest BCUT2D eigenvalue weighted by Crippen LogP contribution is -2.48. The molecule has 164 valence electrons. The van der Waals surface area contributed by atoms with Gasteiger partial charge in [-0.3, -0.25) is 9.69 Å². The van der Waals surface area contributed by atoms with Gasteiger partial charge in [0.15, 0.2) is 0 Å². The first-order valence-electron chi connectivity index (χ1n) is 10.8. The van der Waals surface area contributed by atoms with Crippen LogP contribution in [0.5, 0.6) is 0 Å². The maximum absolute atomic E-state index is 11.9. The summed E-state index contributed by atoms with van der Waals surface area (Å²) in [5, 5.41) is 0. The Morgan fingerprint density at radius 2 is 1.71 bits per heavy atom. The number of nitrogens with zero attached hydrogens (tertiary/aromatic N) is 2. The Labute approximate surface area is 185 Å². The van der Waals surface area contributed by atoms with Crippen LogP contribution in [-0.2, 0) is 26.3 Å². The highest BCUT2D eigenvalue weighted by Crippen LogP contribution is 2.36. The first kappa shape index (κ1) is 22.8. The van der Waals surface area contributed by atoms with Gasteiger partial charge >= 0.3 is 5.97 Å². The highest BCUT2D eigenvalue weighted by molar-refractivity contribution is 5.86. The number of rotatable bonds is 7. The van der Waals surface area contributed by atoms with E-state index >= 15 is 0 Å². The van der Waals surface area contributed by atoms with Crippen molar-refractivity contribution in [3.8, 4) is 0 Å². The quantitative estimate of drug-likeness (QED) is 0.504. The van der Waals surface area contributed by atoms with E-state index in [4.69, 9.17) is 0 Å². The van der Waals surface area contributed by atoms with Gasteiger partial charge in [-0.25, -0.2) is 4.79 Å². The number of ether oxygens (including phenoxy) is 1. The minimum Gasteiger partial charge on any atom is -0.466 e. The Bertz CT molecular complexity index is 898. The fourth-order valence-electron chi connectivity index (χ4n) is 4.26. The normalized spacial score (nSPS) is 16.2. The molecule has 0 N–H and O–H groups in total. The zero-order valence-corrected chi connectivity index (χ0v) is 18.7.